The van der Waals surface area contributed by atoms with E-state index in [-0.39, 0.29) is 0 Å². The van der Waals surface area contributed by atoms with Crippen LogP contribution >= 0.6 is 0 Å². The maximum Gasteiger partial charge on any atom is 0.0587 e. The first-order valence-electron chi connectivity index (χ1n) is 8.56. The first-order chi connectivity index (χ1) is 10.3. The van der Waals surface area contributed by atoms with Crippen molar-refractivity contribution in [3.05, 3.63) is 42.0 Å². The Hall–Kier alpha value is -1.28. The van der Waals surface area contributed by atoms with Crippen molar-refractivity contribution in [1.82, 2.24) is 4.90 Å². The summed E-state index contributed by atoms with van der Waals surface area (Å²) in [6.45, 7) is 9.52. The number of anilines is 1. The molecule has 5 atom stereocenters. The summed E-state index contributed by atoms with van der Waals surface area (Å²) < 4.78 is 0. The summed E-state index contributed by atoms with van der Waals surface area (Å²) in [4.78, 5) is 2.80. The summed E-state index contributed by atoms with van der Waals surface area (Å²) in [5, 5.41) is 3.85. The second-order valence-corrected chi connectivity index (χ2v) is 7.44. The number of hydrogen-bond acceptors (Lipinski definition) is 2. The van der Waals surface area contributed by atoms with E-state index in [1.807, 2.05) is 0 Å². The number of para-hydroxylation sites is 1. The number of nitrogens with one attached hydrogen (secondary N) is 1. The van der Waals surface area contributed by atoms with Crippen molar-refractivity contribution in [3.63, 3.8) is 0 Å². The van der Waals surface area contributed by atoms with Crippen LogP contribution in [0, 0.1) is 11.8 Å². The molecule has 0 radical (unpaired) electrons. The van der Waals surface area contributed by atoms with Gasteiger partial charge in [-0.1, -0.05) is 43.7 Å². The Kier molecular flexibility index (Phi) is 2.29. The second-order valence-electron chi connectivity index (χ2n) is 7.44. The molecule has 1 saturated carbocycles. The van der Waals surface area contributed by atoms with Gasteiger partial charge in [0.1, 0.15) is 0 Å². The third-order valence-corrected chi connectivity index (χ3v) is 6.95. The Balaban J connectivity index is 1.76. The minimum atomic E-state index is 0.297. The zero-order valence-corrected chi connectivity index (χ0v) is 12.8. The molecular weight excluding hydrogens is 256 g/mol. The molecule has 3 aliphatic heterocycles. The quantitative estimate of drug-likeness (QED) is 0.793. The van der Waals surface area contributed by atoms with Gasteiger partial charge in [0.2, 0.25) is 0 Å². The number of rotatable bonds is 1. The number of nitrogens with zero attached hydrogens (tertiary/aromatic N) is 1. The van der Waals surface area contributed by atoms with Crippen molar-refractivity contribution in [1.29, 1.82) is 0 Å². The smallest absolute Gasteiger partial charge is 0.0587 e. The highest BCUT2D eigenvalue weighted by atomic mass is 15.2. The van der Waals surface area contributed by atoms with E-state index < -0.39 is 0 Å². The van der Waals surface area contributed by atoms with Gasteiger partial charge in [-0.25, -0.2) is 0 Å². The van der Waals surface area contributed by atoms with Gasteiger partial charge in [-0.3, -0.25) is 4.90 Å². The topological polar surface area (TPSA) is 15.3 Å². The molecule has 1 aromatic carbocycles. The van der Waals surface area contributed by atoms with E-state index in [0.717, 1.165) is 17.9 Å². The maximum absolute atomic E-state index is 4.59. The monoisotopic (exact) mass is 280 g/mol. The van der Waals surface area contributed by atoms with Crippen molar-refractivity contribution in [2.75, 3.05) is 18.4 Å². The predicted molar refractivity (Wildman–Crippen MR) is 86.5 cm³/mol. The minimum Gasteiger partial charge on any atom is -0.377 e. The lowest BCUT2D eigenvalue weighted by Gasteiger charge is -2.56. The van der Waals surface area contributed by atoms with Crippen LogP contribution in [-0.4, -0.2) is 30.1 Å². The zero-order valence-electron chi connectivity index (χ0n) is 12.8. The molecule has 0 aromatic heterocycles. The van der Waals surface area contributed by atoms with Crippen molar-refractivity contribution >= 4 is 5.69 Å². The molecule has 4 aliphatic rings. The van der Waals surface area contributed by atoms with Crippen LogP contribution in [0.15, 0.2) is 36.4 Å². The predicted octanol–water partition coefficient (Wildman–Crippen LogP) is 3.41. The normalized spacial score (nSPS) is 43.4. The Morgan fingerprint density at radius 2 is 2.19 bits per heavy atom. The van der Waals surface area contributed by atoms with E-state index in [4.69, 9.17) is 0 Å². The zero-order chi connectivity index (χ0) is 14.2. The molecule has 0 unspecified atom stereocenters. The lowest BCUT2D eigenvalue weighted by Crippen LogP contribution is -2.62. The molecule has 5 rings (SSSR count). The average molecular weight is 280 g/mol. The molecule has 1 aromatic rings. The standard InChI is InChI=1S/C19H24N2/c1-3-13-14-8-10-21-11-9-19(18(13)21)15-6-4-5-7-16(15)20-17(19)12(14)2/h4-7,13-14,17-18,20H,2-3,8-11H2,1H3/t13-,14-,17-,18-,19-/m1/s1. The minimum absolute atomic E-state index is 0.297. The van der Waals surface area contributed by atoms with E-state index in [9.17, 15) is 0 Å². The summed E-state index contributed by atoms with van der Waals surface area (Å²) in [6, 6.07) is 10.2. The number of hydrogen-bond donors (Lipinski definition) is 1. The number of fused-ring (bicyclic) bond motifs is 2. The van der Waals surface area contributed by atoms with E-state index in [2.05, 4.69) is 48.0 Å². The van der Waals surface area contributed by atoms with E-state index >= 15 is 0 Å². The molecule has 1 spiro atoms. The van der Waals surface area contributed by atoms with Gasteiger partial charge in [-0.15, -0.1) is 0 Å². The highest BCUT2D eigenvalue weighted by Crippen LogP contribution is 2.62. The molecule has 21 heavy (non-hydrogen) atoms. The average Bonchev–Trinajstić information content (AvgIpc) is 3.08. The van der Waals surface area contributed by atoms with E-state index in [1.165, 1.54) is 43.6 Å². The van der Waals surface area contributed by atoms with Crippen LogP contribution in [0.3, 0.4) is 0 Å². The fraction of sp³-hybridized carbons (Fsp3) is 0.579. The molecular formula is C19H24N2. The molecule has 110 valence electrons. The largest absolute Gasteiger partial charge is 0.377 e. The van der Waals surface area contributed by atoms with Gasteiger partial charge in [0.15, 0.2) is 0 Å². The second kappa shape index (κ2) is 3.92. The summed E-state index contributed by atoms with van der Waals surface area (Å²) >= 11 is 0. The van der Waals surface area contributed by atoms with Gasteiger partial charge in [0, 0.05) is 17.1 Å². The summed E-state index contributed by atoms with van der Waals surface area (Å²) in [5.74, 6) is 1.53. The highest BCUT2D eigenvalue weighted by Gasteiger charge is 2.65. The highest BCUT2D eigenvalue weighted by molar-refractivity contribution is 5.67. The Labute approximate surface area is 127 Å². The van der Waals surface area contributed by atoms with Crippen molar-refractivity contribution in [2.24, 2.45) is 11.8 Å². The molecule has 1 N–H and O–H groups in total. The molecule has 2 nitrogen and oxygen atoms in total. The van der Waals surface area contributed by atoms with Gasteiger partial charge in [0.05, 0.1) is 6.04 Å². The van der Waals surface area contributed by atoms with Crippen molar-refractivity contribution in [2.45, 2.75) is 43.7 Å². The van der Waals surface area contributed by atoms with Crippen molar-refractivity contribution in [3.8, 4) is 0 Å². The number of benzene rings is 1. The van der Waals surface area contributed by atoms with Gasteiger partial charge in [-0.05, 0) is 49.4 Å². The van der Waals surface area contributed by atoms with Crippen LogP contribution in [0.2, 0.25) is 0 Å². The summed E-state index contributed by atoms with van der Waals surface area (Å²) in [6.07, 6.45) is 3.91. The van der Waals surface area contributed by atoms with Gasteiger partial charge in [-0.2, -0.15) is 0 Å². The first kappa shape index (κ1) is 12.3. The van der Waals surface area contributed by atoms with Crippen LogP contribution in [0.5, 0.6) is 0 Å². The maximum atomic E-state index is 4.59. The van der Waals surface area contributed by atoms with Crippen LogP contribution in [-0.2, 0) is 5.41 Å². The lowest BCUT2D eigenvalue weighted by atomic mass is 9.54. The molecule has 2 heteroatoms. The first-order valence-corrected chi connectivity index (χ1v) is 8.56. The van der Waals surface area contributed by atoms with E-state index in [0.29, 0.717) is 11.5 Å². The molecule has 3 fully saturated rings. The van der Waals surface area contributed by atoms with Crippen LogP contribution in [0.25, 0.3) is 0 Å². The Bertz CT molecular complexity index is 622. The molecule has 3 heterocycles. The summed E-state index contributed by atoms with van der Waals surface area (Å²) in [7, 11) is 0. The SMILES string of the molecule is C=C1[C@H]2CCN3CC[C@]4(c5ccccc5N[C@H]14)[C@H]3[C@@H]2CC. The fourth-order valence-electron chi connectivity index (χ4n) is 6.25. The summed E-state index contributed by atoms with van der Waals surface area (Å²) in [5.41, 5.74) is 4.73. The Morgan fingerprint density at radius 1 is 1.33 bits per heavy atom. The van der Waals surface area contributed by atoms with Gasteiger partial charge in [0.25, 0.3) is 0 Å². The van der Waals surface area contributed by atoms with Crippen LogP contribution in [0.1, 0.15) is 31.7 Å². The molecule has 1 aliphatic carbocycles. The van der Waals surface area contributed by atoms with Crippen LogP contribution in [0.4, 0.5) is 5.69 Å². The van der Waals surface area contributed by atoms with Gasteiger partial charge >= 0.3 is 0 Å². The molecule has 2 bridgehead atoms. The Morgan fingerprint density at radius 3 is 3.05 bits per heavy atom. The number of piperidine rings is 1. The third-order valence-electron chi connectivity index (χ3n) is 6.95. The third kappa shape index (κ3) is 1.25. The van der Waals surface area contributed by atoms with Gasteiger partial charge < -0.3 is 5.32 Å². The van der Waals surface area contributed by atoms with Crippen molar-refractivity contribution < 1.29 is 0 Å². The molecule has 0 amide bonds. The van der Waals surface area contributed by atoms with E-state index in [1.54, 1.807) is 5.56 Å². The van der Waals surface area contributed by atoms with Crippen LogP contribution < -0.4 is 5.32 Å². The lowest BCUT2D eigenvalue weighted by molar-refractivity contribution is 0.0308. The fourth-order valence-corrected chi connectivity index (χ4v) is 6.25. The molecule has 2 saturated heterocycles.